The Balaban J connectivity index is 0.718. The lowest BCUT2D eigenvalue weighted by Crippen LogP contribution is -2.70. The second-order valence-electron chi connectivity index (χ2n) is 31.7. The van der Waals surface area contributed by atoms with Crippen LogP contribution in [0.3, 0.4) is 0 Å². The second kappa shape index (κ2) is 24.5. The largest absolute Gasteiger partial charge is 0.504 e. The van der Waals surface area contributed by atoms with Crippen molar-refractivity contribution in [3.05, 3.63) is 150 Å². The zero-order valence-corrected chi connectivity index (χ0v) is 63.8. The summed E-state index contributed by atoms with van der Waals surface area (Å²) in [5, 5.41) is 59.9. The number of thioether (sulfide) groups is 2. The number of piperazine rings is 2. The van der Waals surface area contributed by atoms with E-state index in [1.54, 1.807) is 0 Å². The molecule has 6 unspecified atom stereocenters. The third-order valence-electron chi connectivity index (χ3n) is 25.4. The average Bonchev–Trinajstić information content (AvgIpc) is 1.38. The molecule has 4 saturated heterocycles. The highest BCUT2D eigenvalue weighted by Crippen LogP contribution is 2.69. The molecule has 0 aliphatic carbocycles. The fourth-order valence-corrected chi connectivity index (χ4v) is 24.7. The number of para-hydroxylation sites is 1. The van der Waals surface area contributed by atoms with Gasteiger partial charge in [-0.3, -0.25) is 39.8 Å². The number of benzene rings is 6. The number of hydrogen-bond acceptors (Lipinski definition) is 29. The summed E-state index contributed by atoms with van der Waals surface area (Å²) in [6, 6.07) is 12.1. The van der Waals surface area contributed by atoms with Gasteiger partial charge in [0.2, 0.25) is 6.79 Å². The van der Waals surface area contributed by atoms with Gasteiger partial charge in [-0.2, -0.15) is 0 Å². The summed E-state index contributed by atoms with van der Waals surface area (Å²) in [7, 11) is 6.88. The summed E-state index contributed by atoms with van der Waals surface area (Å²) in [4.78, 5) is 67.4. The van der Waals surface area contributed by atoms with Crippen LogP contribution in [0.2, 0.25) is 0 Å². The second-order valence-corrected chi connectivity index (χ2v) is 34.0. The Morgan fingerprint density at radius 1 is 0.627 bits per heavy atom. The normalized spacial score (nSPS) is 31.8. The number of rotatable bonds is 6. The van der Waals surface area contributed by atoms with E-state index in [2.05, 4.69) is 20.4 Å². The van der Waals surface area contributed by atoms with Crippen LogP contribution < -0.4 is 54.3 Å². The number of carbonyl (C=O) groups is 4. The van der Waals surface area contributed by atoms with Gasteiger partial charge in [-0.25, -0.2) is 9.59 Å². The molecule has 8 aromatic rings. The first-order valence-corrected chi connectivity index (χ1v) is 39.4. The molecule has 29 heteroatoms. The molecule has 8 bridgehead atoms. The van der Waals surface area contributed by atoms with Crippen molar-refractivity contribution in [1.29, 1.82) is 0 Å². The molecule has 18 heterocycles. The topological polar surface area (TPSA) is 331 Å². The maximum atomic E-state index is 15.9. The van der Waals surface area contributed by atoms with Gasteiger partial charge >= 0.3 is 23.9 Å². The van der Waals surface area contributed by atoms with Crippen LogP contribution in [0.1, 0.15) is 150 Å². The van der Waals surface area contributed by atoms with Crippen molar-refractivity contribution in [3.63, 3.8) is 0 Å². The van der Waals surface area contributed by atoms with Crippen LogP contribution in [-0.2, 0) is 65.4 Å². The lowest BCUT2D eigenvalue weighted by atomic mass is 9.78. The van der Waals surface area contributed by atoms with Crippen molar-refractivity contribution in [2.24, 2.45) is 5.73 Å². The van der Waals surface area contributed by atoms with Gasteiger partial charge in [-0.1, -0.05) is 30.3 Å². The predicted octanol–water partition coefficient (Wildman–Crippen LogP) is 8.28. The number of fused-ring (bicyclic) bond motifs is 16. The molecule has 110 heavy (non-hydrogen) atoms. The van der Waals surface area contributed by atoms with Crippen molar-refractivity contribution < 1.29 is 95.8 Å². The van der Waals surface area contributed by atoms with E-state index in [0.717, 1.165) is 22.1 Å². The molecule has 8 N–H and O–H groups in total. The number of furan rings is 2. The number of phenolic OH excluding ortho intramolecular Hbond substituents is 2. The van der Waals surface area contributed by atoms with Crippen molar-refractivity contribution in [2.45, 2.75) is 149 Å². The first-order valence-electron chi connectivity index (χ1n) is 37.3. The highest BCUT2D eigenvalue weighted by Gasteiger charge is 2.67. The third-order valence-corrected chi connectivity index (χ3v) is 28.4. The molecule has 16 aliphatic rings. The van der Waals surface area contributed by atoms with Gasteiger partial charge in [0, 0.05) is 154 Å². The Morgan fingerprint density at radius 3 is 1.74 bits per heavy atom. The van der Waals surface area contributed by atoms with Crippen molar-refractivity contribution in [2.75, 3.05) is 86.0 Å². The lowest BCUT2D eigenvalue weighted by Gasteiger charge is -2.60. The monoisotopic (exact) mass is 1540 g/mol. The standard InChI is InChI=1S/C81H83N7O20S2/c1-33-19-40-23-78(95)28-85(7)57(51(40)61(91)63(33)97-9)59-71-55-53(69-67(101-32-102-69)35(3)65(55)103-37(5)89)47(87(59)78)26-99-76(93)80(30-109-71)73-44(17-18-83-80)45-21-39(15-16-50(45)106-73)75-107-68-36(4)66(104-38(6)90)56-54(70(68)108-75)48-27-100-77(94)81(74-46(22-42(25-82)84-81)43-13-11-12-14-49(43)105-74)31-110-72(56)60-58-52-41(20-34(2)64(98-10)62(52)92)24-79(96,88(48)60)29-86(58)8/h11-16,19-21,42,47-48,57-60,71-72,75,83-84,91-92,95-96H,17-18,22-32,82H2,1-10H3/t42-,47+,48+,57+,58?,59-,60-,71-,72-,75?,78?,79?,80-,81-/m1/s1. The number of aryl methyl sites for hydroxylation is 2. The molecule has 0 radical (unpaired) electrons. The van der Waals surface area contributed by atoms with E-state index in [9.17, 15) is 30.0 Å². The fourth-order valence-electron chi connectivity index (χ4n) is 21.4. The summed E-state index contributed by atoms with van der Waals surface area (Å²) >= 11 is 2.83. The number of nitrogens with zero attached hydrogens (tertiary/aromatic N) is 4. The van der Waals surface area contributed by atoms with E-state index in [0.29, 0.717) is 137 Å². The predicted molar refractivity (Wildman–Crippen MR) is 398 cm³/mol. The van der Waals surface area contributed by atoms with Crippen LogP contribution in [-0.4, -0.2) is 179 Å². The number of hydrogen-bond donors (Lipinski definition) is 7. The Bertz CT molecular complexity index is 5420. The van der Waals surface area contributed by atoms with Crippen molar-refractivity contribution in [3.8, 4) is 57.5 Å². The highest BCUT2D eigenvalue weighted by atomic mass is 32.2. The zero-order chi connectivity index (χ0) is 76.2. The van der Waals surface area contributed by atoms with Crippen LogP contribution in [0.25, 0.3) is 21.9 Å². The van der Waals surface area contributed by atoms with Gasteiger partial charge in [-0.15, -0.1) is 23.5 Å². The summed E-state index contributed by atoms with van der Waals surface area (Å²) in [6.07, 6.45) is -0.158. The van der Waals surface area contributed by atoms with Crippen molar-refractivity contribution >= 4 is 69.3 Å². The number of esters is 4. The minimum atomic E-state index is -1.72. The molecular formula is C81H83N7O20S2. The maximum Gasteiger partial charge on any atom is 0.335 e. The Morgan fingerprint density at radius 2 is 1.15 bits per heavy atom. The zero-order valence-electron chi connectivity index (χ0n) is 62.2. The summed E-state index contributed by atoms with van der Waals surface area (Å²) < 4.78 is 79.2. The fraction of sp³-hybridized carbons (Fsp3) is 0.457. The van der Waals surface area contributed by atoms with E-state index in [4.69, 9.17) is 61.9 Å². The maximum absolute atomic E-state index is 15.9. The molecule has 574 valence electrons. The average molecular weight is 1540 g/mol. The van der Waals surface area contributed by atoms with Gasteiger partial charge in [0.05, 0.1) is 48.9 Å². The molecule has 0 saturated carbocycles. The molecule has 6 aromatic carbocycles. The number of aliphatic hydroxyl groups is 2. The number of likely N-dealkylation sites (N-methyl/N-ethyl adjacent to an activating group) is 2. The Kier molecular flexibility index (Phi) is 15.6. The van der Waals surface area contributed by atoms with Crippen LogP contribution in [0, 0.1) is 27.7 Å². The highest BCUT2D eigenvalue weighted by molar-refractivity contribution is 7.99. The SMILES string of the molecule is COc1c(C)cc2c(c1O)C1[C@@H]3[C@@H]4SC[C@]5(N[C@@H](CN)Cc6c5oc5ccccc65)C(=O)OC[C@@H](c5c6c(c(C)c(OC(C)=O)c54)OC(c4ccc5oc7c(c5c4)CCN[C@]74CS[C@@H]5c7c(OC(C)=O)c(C)c8c(c7[C@H](COC4=O)N4[C@@H]5[C@@H]5c7c(cc(C)c(OC)c7O)CC4(O)CN5C)OCO8)O6)N3C(O)(C2)CN1C. The molecule has 27 nitrogen and oxygen atoms in total. The van der Waals surface area contributed by atoms with Gasteiger partial charge in [0.15, 0.2) is 57.1 Å². The molecule has 24 rings (SSSR count). The minimum Gasteiger partial charge on any atom is -0.504 e. The lowest BCUT2D eigenvalue weighted by molar-refractivity contribution is -0.215. The molecule has 4 fully saturated rings. The number of ether oxygens (including phenoxy) is 10. The first-order chi connectivity index (χ1) is 52.8. The van der Waals surface area contributed by atoms with Gasteiger partial charge < -0.3 is 82.4 Å². The molecule has 0 amide bonds. The number of phenols is 2. The number of methoxy groups -OCH3 is 2. The van der Waals surface area contributed by atoms with E-state index in [1.165, 1.54) is 51.6 Å². The van der Waals surface area contributed by atoms with Gasteiger partial charge in [0.1, 0.15) is 58.8 Å². The van der Waals surface area contributed by atoms with Crippen LogP contribution in [0.15, 0.2) is 63.4 Å². The van der Waals surface area contributed by atoms with Crippen LogP contribution in [0.5, 0.6) is 57.5 Å². The third kappa shape index (κ3) is 9.47. The van der Waals surface area contributed by atoms with E-state index in [-0.39, 0.29) is 105 Å². The summed E-state index contributed by atoms with van der Waals surface area (Å²) in [5.74, 6) is 0.553. The first kappa shape index (κ1) is 70.2. The Labute approximate surface area is 639 Å². The van der Waals surface area contributed by atoms with Gasteiger partial charge in [-0.05, 0) is 101 Å². The number of nitrogens with two attached hydrogens (primary N) is 1. The molecule has 2 aromatic heterocycles. The van der Waals surface area contributed by atoms with E-state index >= 15 is 9.59 Å². The smallest absolute Gasteiger partial charge is 0.335 e. The molecular weight excluding hydrogens is 1460 g/mol. The van der Waals surface area contributed by atoms with Crippen LogP contribution in [0.4, 0.5) is 0 Å². The van der Waals surface area contributed by atoms with Gasteiger partial charge in [0.25, 0.3) is 6.29 Å². The summed E-state index contributed by atoms with van der Waals surface area (Å²) in [6.45, 7) is 9.92. The number of carbonyl (C=O) groups excluding carboxylic acids is 4. The van der Waals surface area contributed by atoms with E-state index < -0.39 is 99.4 Å². The summed E-state index contributed by atoms with van der Waals surface area (Å²) in [5.41, 5.74) is 10.2. The molecule has 16 atom stereocenters. The van der Waals surface area contributed by atoms with Crippen LogP contribution >= 0.6 is 23.5 Å². The quantitative estimate of drug-likeness (QED) is 0.0608. The Hall–Kier alpha value is -8.98. The number of nitrogens with one attached hydrogen (secondary N) is 2. The molecule has 2 spiro atoms. The van der Waals surface area contributed by atoms with E-state index in [1.807, 2.05) is 106 Å². The number of aromatic hydroxyl groups is 2. The van der Waals surface area contributed by atoms with Crippen molar-refractivity contribution in [1.82, 2.24) is 30.2 Å². The molecule has 16 aliphatic heterocycles. The minimum absolute atomic E-state index is 0.00654.